The number of Topliss-reactive ketones (excluding diaryl/α,β-unsaturated/α-hetero) is 2. The molecule has 3 fully saturated rings. The van der Waals surface area contributed by atoms with Crippen molar-refractivity contribution in [3.05, 3.63) is 22.3 Å². The fourth-order valence-corrected chi connectivity index (χ4v) is 4.82. The Labute approximate surface area is 186 Å². The van der Waals surface area contributed by atoms with Crippen molar-refractivity contribution in [2.45, 2.75) is 84.3 Å². The summed E-state index contributed by atoms with van der Waals surface area (Å²) in [5.74, 6) is 0.584. The van der Waals surface area contributed by atoms with Gasteiger partial charge < -0.3 is 22.8 Å². The number of ketones is 2. The average Bonchev–Trinajstić information content (AvgIpc) is 2.65. The Balaban J connectivity index is 0.00000210. The maximum Gasteiger partial charge on any atom is 0.251 e. The number of allylic oxidation sites excluding steroid dienone is 4. The van der Waals surface area contributed by atoms with E-state index in [0.717, 1.165) is 19.3 Å². The van der Waals surface area contributed by atoms with Crippen molar-refractivity contribution in [3.63, 3.8) is 0 Å². The zero-order chi connectivity index (χ0) is 19.9. The molecule has 2 N–H and O–H groups in total. The van der Waals surface area contributed by atoms with E-state index < -0.39 is 5.60 Å². The Hall–Kier alpha value is -1.11. The van der Waals surface area contributed by atoms with Gasteiger partial charge in [0.1, 0.15) is 5.60 Å². The summed E-state index contributed by atoms with van der Waals surface area (Å²) in [5.41, 5.74) is 0.245. The number of fused-ring (bicyclic) bond motifs is 3. The lowest BCUT2D eigenvalue weighted by molar-refractivity contribution is -0.140. The summed E-state index contributed by atoms with van der Waals surface area (Å²) < 4.78 is 0. The molecule has 0 aromatic rings. The Morgan fingerprint density at radius 3 is 2.10 bits per heavy atom. The molecule has 29 heavy (non-hydrogen) atoms. The largest absolute Gasteiger partial charge is 1.00 e. The van der Waals surface area contributed by atoms with Crippen molar-refractivity contribution in [2.24, 2.45) is 11.8 Å². The van der Waals surface area contributed by atoms with E-state index in [1.54, 1.807) is 20.8 Å². The third kappa shape index (κ3) is 5.15. The molecule has 2 atom stereocenters. The van der Waals surface area contributed by atoms with E-state index in [9.17, 15) is 19.5 Å². The van der Waals surface area contributed by atoms with Crippen molar-refractivity contribution < 1.29 is 31.9 Å². The van der Waals surface area contributed by atoms with E-state index in [2.05, 4.69) is 5.32 Å². The number of hydrogen-bond acceptors (Lipinski definition) is 4. The molecular formula is C22H33ClNO4S-. The minimum atomic E-state index is -1.56. The van der Waals surface area contributed by atoms with Gasteiger partial charge in [0.15, 0.2) is 11.6 Å². The van der Waals surface area contributed by atoms with Gasteiger partial charge in [-0.1, -0.05) is 12.8 Å². The highest BCUT2D eigenvalue weighted by Crippen LogP contribution is 2.41. The molecule has 0 unspecified atom stereocenters. The van der Waals surface area contributed by atoms with Crippen LogP contribution in [0.2, 0.25) is 0 Å². The number of hydrogen-bond donors (Lipinski definition) is 2. The molecule has 2 bridgehead atoms. The zero-order valence-corrected chi connectivity index (χ0v) is 19.5. The van der Waals surface area contributed by atoms with Crippen LogP contribution in [-0.2, 0) is 14.4 Å². The van der Waals surface area contributed by atoms with Crippen LogP contribution in [0.25, 0.3) is 0 Å². The van der Waals surface area contributed by atoms with E-state index in [1.165, 1.54) is 19.8 Å². The topological polar surface area (TPSA) is 83.5 Å². The second-order valence-electron chi connectivity index (χ2n) is 8.88. The SMILES string of the molecule is CC1=C(C)C(=O)C(CC[C@](C)(O)C(=O)N[C@H]2CC3CCC2CC3)=C(C)C1=O.S.[Cl-]. The Bertz CT molecular complexity index is 748. The third-order valence-corrected chi connectivity index (χ3v) is 7.03. The predicted octanol–water partition coefficient (Wildman–Crippen LogP) is 0.134. The van der Waals surface area contributed by atoms with Crippen LogP contribution in [0.5, 0.6) is 0 Å². The molecular weight excluding hydrogens is 410 g/mol. The fraction of sp³-hybridized carbons (Fsp3) is 0.682. The molecule has 4 aliphatic rings. The molecule has 4 aliphatic carbocycles. The molecule has 5 nitrogen and oxygen atoms in total. The number of carbonyl (C=O) groups is 3. The molecule has 0 saturated heterocycles. The lowest BCUT2D eigenvalue weighted by atomic mass is 9.68. The standard InChI is InChI=1S/C22H31NO4.ClH.H2S/c1-12-13(2)20(25)17(14(3)19(12)24)9-10-22(4,27)21(26)23-18-11-15-5-7-16(18)8-6-15;;/h15-16,18,27H,5-11H2,1-4H3,(H,23,26);1H;1H2/p-1/t15?,16?,18-,22-;;/m0../s1. The molecule has 4 rings (SSSR count). The summed E-state index contributed by atoms with van der Waals surface area (Å²) in [4.78, 5) is 37.5. The van der Waals surface area contributed by atoms with Crippen LogP contribution < -0.4 is 17.7 Å². The molecule has 164 valence electrons. The second-order valence-corrected chi connectivity index (χ2v) is 8.88. The number of amides is 1. The van der Waals surface area contributed by atoms with Crippen molar-refractivity contribution in [1.82, 2.24) is 5.32 Å². The lowest BCUT2D eigenvalue weighted by Gasteiger charge is -2.43. The molecule has 0 aliphatic heterocycles. The Morgan fingerprint density at radius 1 is 1.03 bits per heavy atom. The Morgan fingerprint density at radius 2 is 1.59 bits per heavy atom. The van der Waals surface area contributed by atoms with Gasteiger partial charge in [-0.3, -0.25) is 14.4 Å². The van der Waals surface area contributed by atoms with Crippen molar-refractivity contribution in [2.75, 3.05) is 0 Å². The number of carbonyl (C=O) groups excluding carboxylic acids is 3. The molecule has 1 amide bonds. The second kappa shape index (κ2) is 9.80. The van der Waals surface area contributed by atoms with Gasteiger partial charge in [-0.15, -0.1) is 0 Å². The van der Waals surface area contributed by atoms with Gasteiger partial charge in [-0.25, -0.2) is 0 Å². The maximum absolute atomic E-state index is 12.7. The van der Waals surface area contributed by atoms with Crippen molar-refractivity contribution in [3.8, 4) is 0 Å². The highest BCUT2D eigenvalue weighted by atomic mass is 35.5. The Kier molecular flexibility index (Phi) is 8.76. The smallest absolute Gasteiger partial charge is 0.251 e. The van der Waals surface area contributed by atoms with Crippen LogP contribution in [0.15, 0.2) is 22.3 Å². The number of nitrogens with one attached hydrogen (secondary N) is 1. The molecule has 3 saturated carbocycles. The summed E-state index contributed by atoms with van der Waals surface area (Å²) in [5, 5.41) is 13.8. The van der Waals surface area contributed by atoms with Gasteiger partial charge in [0, 0.05) is 28.3 Å². The summed E-state index contributed by atoms with van der Waals surface area (Å²) in [7, 11) is 0. The van der Waals surface area contributed by atoms with Gasteiger partial charge in [0.05, 0.1) is 0 Å². The van der Waals surface area contributed by atoms with Crippen LogP contribution in [0, 0.1) is 11.8 Å². The van der Waals surface area contributed by atoms with Gasteiger partial charge in [0.25, 0.3) is 5.91 Å². The maximum atomic E-state index is 12.7. The van der Waals surface area contributed by atoms with Gasteiger partial charge >= 0.3 is 0 Å². The summed E-state index contributed by atoms with van der Waals surface area (Å²) >= 11 is 0. The van der Waals surface area contributed by atoms with Crippen LogP contribution in [0.4, 0.5) is 0 Å². The van der Waals surface area contributed by atoms with Gasteiger partial charge in [0.2, 0.25) is 0 Å². The van der Waals surface area contributed by atoms with E-state index in [4.69, 9.17) is 0 Å². The van der Waals surface area contributed by atoms with Crippen LogP contribution in [0.3, 0.4) is 0 Å². The van der Waals surface area contributed by atoms with E-state index in [0.29, 0.717) is 34.1 Å². The molecule has 0 spiro atoms. The number of rotatable bonds is 5. The molecule has 0 aromatic heterocycles. The first kappa shape index (κ1) is 25.9. The summed E-state index contributed by atoms with van der Waals surface area (Å²) in [6.45, 7) is 6.48. The number of aliphatic hydroxyl groups is 1. The normalized spacial score (nSPS) is 28.5. The van der Waals surface area contributed by atoms with Crippen molar-refractivity contribution in [1.29, 1.82) is 0 Å². The lowest BCUT2D eigenvalue weighted by Crippen LogP contribution is -3.00. The highest BCUT2D eigenvalue weighted by Gasteiger charge is 2.40. The number of halogens is 1. The predicted molar refractivity (Wildman–Crippen MR) is 113 cm³/mol. The van der Waals surface area contributed by atoms with Crippen LogP contribution in [-0.4, -0.2) is 34.2 Å². The summed E-state index contributed by atoms with van der Waals surface area (Å²) in [6, 6.07) is 0.156. The first-order chi connectivity index (χ1) is 12.6. The molecule has 7 heteroatoms. The summed E-state index contributed by atoms with van der Waals surface area (Å²) in [6.07, 6.45) is 6.17. The fourth-order valence-electron chi connectivity index (χ4n) is 4.82. The molecule has 0 aromatic carbocycles. The van der Waals surface area contributed by atoms with Crippen LogP contribution >= 0.6 is 13.5 Å². The van der Waals surface area contributed by atoms with Crippen LogP contribution in [0.1, 0.15) is 72.6 Å². The van der Waals surface area contributed by atoms with Crippen molar-refractivity contribution >= 4 is 31.0 Å². The quantitative estimate of drug-likeness (QED) is 0.593. The van der Waals surface area contributed by atoms with Gasteiger partial charge in [-0.05, 0) is 71.6 Å². The van der Waals surface area contributed by atoms with E-state index in [1.807, 2.05) is 0 Å². The molecule has 0 heterocycles. The third-order valence-electron chi connectivity index (χ3n) is 7.03. The molecule has 0 radical (unpaired) electrons. The van der Waals surface area contributed by atoms with Gasteiger partial charge in [-0.2, -0.15) is 13.5 Å². The minimum Gasteiger partial charge on any atom is -1.00 e. The average molecular weight is 443 g/mol. The minimum absolute atomic E-state index is 0. The monoisotopic (exact) mass is 442 g/mol. The highest BCUT2D eigenvalue weighted by molar-refractivity contribution is 7.59. The van der Waals surface area contributed by atoms with E-state index in [-0.39, 0.29) is 62.3 Å². The first-order valence-electron chi connectivity index (χ1n) is 10.1. The first-order valence-corrected chi connectivity index (χ1v) is 10.1. The zero-order valence-electron chi connectivity index (χ0n) is 17.7. The van der Waals surface area contributed by atoms with E-state index >= 15 is 0 Å².